The number of rotatable bonds is 3. The Bertz CT molecular complexity index is 707. The van der Waals surface area contributed by atoms with Gasteiger partial charge in [0, 0.05) is 17.3 Å². The van der Waals surface area contributed by atoms with Gasteiger partial charge in [0.25, 0.3) is 0 Å². The zero-order chi connectivity index (χ0) is 15.6. The van der Waals surface area contributed by atoms with E-state index in [1.54, 1.807) is 0 Å². The van der Waals surface area contributed by atoms with Crippen molar-refractivity contribution in [3.63, 3.8) is 0 Å². The predicted molar refractivity (Wildman–Crippen MR) is 77.5 cm³/mol. The number of pyridine rings is 1. The van der Waals surface area contributed by atoms with Gasteiger partial charge in [-0.3, -0.25) is 0 Å². The molecule has 7 heteroatoms. The molecule has 0 saturated heterocycles. The average Bonchev–Trinajstić information content (AvgIpc) is 2.49. The van der Waals surface area contributed by atoms with Crippen LogP contribution in [0.15, 0.2) is 24.4 Å². The third-order valence-corrected chi connectivity index (χ3v) is 3.39. The molecule has 1 aromatic carbocycles. The Morgan fingerprint density at radius 1 is 1.24 bits per heavy atom. The largest absolute Gasteiger partial charge is 0.495 e. The number of carbonyl (C=O) groups excluding carboxylic acids is 1. The predicted octanol–water partition coefficient (Wildman–Crippen LogP) is 3.99. The maximum atomic E-state index is 14.1. The summed E-state index contributed by atoms with van der Waals surface area (Å²) in [4.78, 5) is 15.5. The SMILES string of the molecule is COC(=O)c1cc(OC)c(Cl)cc1-c1ccnc(Cl)c1F. The van der Waals surface area contributed by atoms with Gasteiger partial charge >= 0.3 is 5.97 Å². The van der Waals surface area contributed by atoms with Crippen molar-refractivity contribution in [2.75, 3.05) is 14.2 Å². The van der Waals surface area contributed by atoms with Crippen LogP contribution in [-0.2, 0) is 4.74 Å². The maximum Gasteiger partial charge on any atom is 0.338 e. The number of esters is 1. The molecular formula is C14H10Cl2FNO3. The lowest BCUT2D eigenvalue weighted by Gasteiger charge is -2.12. The van der Waals surface area contributed by atoms with Crippen LogP contribution in [0.25, 0.3) is 11.1 Å². The smallest absolute Gasteiger partial charge is 0.338 e. The van der Waals surface area contributed by atoms with E-state index >= 15 is 0 Å². The van der Waals surface area contributed by atoms with Crippen LogP contribution in [0.3, 0.4) is 0 Å². The first-order valence-corrected chi connectivity index (χ1v) is 6.51. The van der Waals surface area contributed by atoms with Gasteiger partial charge in [-0.15, -0.1) is 0 Å². The fourth-order valence-corrected chi connectivity index (χ4v) is 2.24. The summed E-state index contributed by atoms with van der Waals surface area (Å²) in [6.07, 6.45) is 1.33. The van der Waals surface area contributed by atoms with E-state index in [4.69, 9.17) is 32.7 Å². The Balaban J connectivity index is 2.75. The highest BCUT2D eigenvalue weighted by Crippen LogP contribution is 2.36. The number of aromatic nitrogens is 1. The van der Waals surface area contributed by atoms with E-state index in [2.05, 4.69) is 4.98 Å². The number of benzene rings is 1. The topological polar surface area (TPSA) is 48.4 Å². The Morgan fingerprint density at radius 2 is 1.95 bits per heavy atom. The molecule has 2 aromatic rings. The number of hydrogen-bond acceptors (Lipinski definition) is 4. The van der Waals surface area contributed by atoms with E-state index in [0.717, 1.165) is 0 Å². The van der Waals surface area contributed by atoms with Crippen LogP contribution in [-0.4, -0.2) is 25.2 Å². The van der Waals surface area contributed by atoms with Crippen LogP contribution in [0.5, 0.6) is 5.75 Å². The average molecular weight is 330 g/mol. The molecule has 0 radical (unpaired) electrons. The molecule has 110 valence electrons. The number of halogens is 3. The second kappa shape index (κ2) is 6.28. The standard InChI is InChI=1S/C14H10Cl2FNO3/c1-20-11-6-9(14(19)21-2)8(5-10(11)15)7-3-4-18-13(16)12(7)17/h3-6H,1-2H3. The monoisotopic (exact) mass is 329 g/mol. The van der Waals surface area contributed by atoms with Crippen molar-refractivity contribution in [2.24, 2.45) is 0 Å². The molecule has 2 rings (SSSR count). The van der Waals surface area contributed by atoms with Crippen molar-refractivity contribution >= 4 is 29.2 Å². The van der Waals surface area contributed by atoms with Crippen molar-refractivity contribution < 1.29 is 18.7 Å². The Morgan fingerprint density at radius 3 is 2.57 bits per heavy atom. The van der Waals surface area contributed by atoms with Gasteiger partial charge in [-0.2, -0.15) is 0 Å². The van der Waals surface area contributed by atoms with Crippen molar-refractivity contribution in [1.82, 2.24) is 4.98 Å². The van der Waals surface area contributed by atoms with Crippen LogP contribution < -0.4 is 4.74 Å². The first-order chi connectivity index (χ1) is 9.99. The Labute approximate surface area is 130 Å². The molecule has 1 aromatic heterocycles. The van der Waals surface area contributed by atoms with E-state index in [1.165, 1.54) is 38.6 Å². The normalized spacial score (nSPS) is 10.3. The van der Waals surface area contributed by atoms with Gasteiger partial charge in [0.05, 0.1) is 24.8 Å². The highest BCUT2D eigenvalue weighted by molar-refractivity contribution is 6.32. The molecular weight excluding hydrogens is 320 g/mol. The summed E-state index contributed by atoms with van der Waals surface area (Å²) in [5.74, 6) is -1.11. The summed E-state index contributed by atoms with van der Waals surface area (Å²) in [6.45, 7) is 0. The zero-order valence-electron chi connectivity index (χ0n) is 11.1. The number of hydrogen-bond donors (Lipinski definition) is 0. The molecule has 0 saturated carbocycles. The van der Waals surface area contributed by atoms with Crippen LogP contribution in [0.2, 0.25) is 10.2 Å². The molecule has 0 aliphatic carbocycles. The highest BCUT2D eigenvalue weighted by Gasteiger charge is 2.20. The van der Waals surface area contributed by atoms with E-state index in [0.29, 0.717) is 0 Å². The van der Waals surface area contributed by atoms with Gasteiger partial charge in [0.15, 0.2) is 11.0 Å². The second-order valence-electron chi connectivity index (χ2n) is 3.99. The van der Waals surface area contributed by atoms with Crippen LogP contribution in [0.1, 0.15) is 10.4 Å². The summed E-state index contributed by atoms with van der Waals surface area (Å²) in [6, 6.07) is 4.20. The minimum Gasteiger partial charge on any atom is -0.495 e. The van der Waals surface area contributed by atoms with Crippen molar-refractivity contribution in [3.05, 3.63) is 46.0 Å². The van der Waals surface area contributed by atoms with Gasteiger partial charge in [0.2, 0.25) is 0 Å². The van der Waals surface area contributed by atoms with Crippen LogP contribution in [0.4, 0.5) is 4.39 Å². The molecule has 0 atom stereocenters. The fourth-order valence-electron chi connectivity index (χ4n) is 1.84. The molecule has 0 amide bonds. The third-order valence-electron chi connectivity index (χ3n) is 2.83. The van der Waals surface area contributed by atoms with E-state index in [9.17, 15) is 9.18 Å². The molecule has 1 heterocycles. The maximum absolute atomic E-state index is 14.1. The minimum atomic E-state index is -0.745. The van der Waals surface area contributed by atoms with Gasteiger partial charge in [-0.05, 0) is 18.2 Å². The molecule has 0 N–H and O–H groups in total. The molecule has 0 spiro atoms. The van der Waals surface area contributed by atoms with Gasteiger partial charge < -0.3 is 9.47 Å². The van der Waals surface area contributed by atoms with Crippen LogP contribution >= 0.6 is 23.2 Å². The Hall–Kier alpha value is -1.85. The highest BCUT2D eigenvalue weighted by atomic mass is 35.5. The van der Waals surface area contributed by atoms with Gasteiger partial charge in [0.1, 0.15) is 5.75 Å². The number of carbonyl (C=O) groups is 1. The number of ether oxygens (including phenoxy) is 2. The minimum absolute atomic E-state index is 0.0972. The molecule has 0 aliphatic heterocycles. The van der Waals surface area contributed by atoms with Crippen LogP contribution in [0, 0.1) is 5.82 Å². The number of methoxy groups -OCH3 is 2. The summed E-state index contributed by atoms with van der Waals surface area (Å²) < 4.78 is 23.9. The Kier molecular flexibility index (Phi) is 4.65. The lowest BCUT2D eigenvalue weighted by molar-refractivity contribution is 0.0601. The molecule has 0 bridgehead atoms. The summed E-state index contributed by atoms with van der Waals surface area (Å²) in [7, 11) is 2.63. The van der Waals surface area contributed by atoms with Gasteiger partial charge in [-0.1, -0.05) is 23.2 Å². The lowest BCUT2D eigenvalue weighted by Crippen LogP contribution is -2.05. The molecule has 0 unspecified atom stereocenters. The van der Waals surface area contributed by atoms with Gasteiger partial charge in [-0.25, -0.2) is 14.2 Å². The van der Waals surface area contributed by atoms with Crippen molar-refractivity contribution in [1.29, 1.82) is 0 Å². The van der Waals surface area contributed by atoms with Crippen molar-refractivity contribution in [2.45, 2.75) is 0 Å². The number of nitrogens with zero attached hydrogens (tertiary/aromatic N) is 1. The summed E-state index contributed by atoms with van der Waals surface area (Å²) in [5.41, 5.74) is 0.453. The summed E-state index contributed by atoms with van der Waals surface area (Å²) in [5, 5.41) is -0.0669. The molecule has 0 aliphatic rings. The first kappa shape index (κ1) is 15.5. The third kappa shape index (κ3) is 2.94. The summed E-state index contributed by atoms with van der Waals surface area (Å²) >= 11 is 11.7. The van der Waals surface area contributed by atoms with Crippen molar-refractivity contribution in [3.8, 4) is 16.9 Å². The van der Waals surface area contributed by atoms with E-state index in [1.807, 2.05) is 0 Å². The fraction of sp³-hybridized carbons (Fsp3) is 0.143. The zero-order valence-corrected chi connectivity index (χ0v) is 12.6. The first-order valence-electron chi connectivity index (χ1n) is 5.75. The molecule has 0 fully saturated rings. The molecule has 21 heavy (non-hydrogen) atoms. The van der Waals surface area contributed by atoms with E-state index < -0.39 is 11.8 Å². The lowest BCUT2D eigenvalue weighted by atomic mass is 9.99. The quantitative estimate of drug-likeness (QED) is 0.631. The molecule has 4 nitrogen and oxygen atoms in total. The van der Waals surface area contributed by atoms with E-state index in [-0.39, 0.29) is 32.6 Å². The second-order valence-corrected chi connectivity index (χ2v) is 4.75.